The average Bonchev–Trinajstić information content (AvgIpc) is 2.68. The monoisotopic (exact) mass is 489 g/mol. The van der Waals surface area contributed by atoms with Crippen LogP contribution in [-0.4, -0.2) is 60.4 Å². The van der Waals surface area contributed by atoms with Gasteiger partial charge in [0.1, 0.15) is 0 Å². The number of rotatable bonds is 10. The van der Waals surface area contributed by atoms with E-state index >= 15 is 0 Å². The van der Waals surface area contributed by atoms with Gasteiger partial charge in [-0.15, -0.1) is 0 Å². The molecule has 0 aliphatic heterocycles. The molecule has 1 unspecified atom stereocenters. The number of hydrogen-bond acceptors (Lipinski definition) is 6. The van der Waals surface area contributed by atoms with Crippen LogP contribution in [0, 0.1) is 0 Å². The Kier molecular flexibility index (Phi) is 8.57. The Bertz CT molecular complexity index is 1100. The van der Waals surface area contributed by atoms with Crippen molar-refractivity contribution < 1.29 is 26.4 Å². The van der Waals surface area contributed by atoms with E-state index in [4.69, 9.17) is 16.3 Å². The number of hydrogen-bond donors (Lipinski definition) is 2. The lowest BCUT2D eigenvalue weighted by atomic mass is 10.3. The first-order valence-corrected chi connectivity index (χ1v) is 12.4. The molecule has 2 aromatic rings. The molecule has 0 bridgehead atoms. The summed E-state index contributed by atoms with van der Waals surface area (Å²) in [6, 6.07) is 10.7. The highest BCUT2D eigenvalue weighted by Crippen LogP contribution is 2.18. The third kappa shape index (κ3) is 6.99. The fraction of sp³-hybridized carbons (Fsp3) is 0.316. The molecule has 9 nitrogen and oxygen atoms in total. The molecule has 0 aliphatic rings. The van der Waals surface area contributed by atoms with Crippen LogP contribution in [0.4, 0.5) is 5.69 Å². The van der Waals surface area contributed by atoms with Gasteiger partial charge in [-0.05, 0) is 55.5 Å². The summed E-state index contributed by atoms with van der Waals surface area (Å²) in [5.41, 5.74) is 0.325. The highest BCUT2D eigenvalue weighted by atomic mass is 35.5. The summed E-state index contributed by atoms with van der Waals surface area (Å²) < 4.78 is 58.0. The molecular weight excluding hydrogens is 466 g/mol. The molecule has 2 N–H and O–H groups in total. The van der Waals surface area contributed by atoms with Crippen LogP contribution in [0.25, 0.3) is 0 Å². The number of nitrogens with one attached hydrogen (secondary N) is 2. The van der Waals surface area contributed by atoms with Gasteiger partial charge >= 0.3 is 0 Å². The van der Waals surface area contributed by atoms with E-state index in [2.05, 4.69) is 10.0 Å². The zero-order chi connectivity index (χ0) is 23.2. The quantitative estimate of drug-likeness (QED) is 0.525. The number of likely N-dealkylation sites (N-methyl/N-ethyl adjacent to an activating group) is 1. The lowest BCUT2D eigenvalue weighted by Crippen LogP contribution is -2.35. The smallest absolute Gasteiger partial charge is 0.243 e. The van der Waals surface area contributed by atoms with Gasteiger partial charge in [-0.25, -0.2) is 21.6 Å². The van der Waals surface area contributed by atoms with E-state index in [1.165, 1.54) is 62.7 Å². The number of carbonyl (C=O) groups is 1. The van der Waals surface area contributed by atoms with Crippen LogP contribution in [0.15, 0.2) is 58.3 Å². The van der Waals surface area contributed by atoms with Crippen LogP contribution in [0.1, 0.15) is 6.92 Å². The van der Waals surface area contributed by atoms with Gasteiger partial charge in [0.2, 0.25) is 26.0 Å². The number of amides is 1. The summed E-state index contributed by atoms with van der Waals surface area (Å²) >= 11 is 5.77. The van der Waals surface area contributed by atoms with Crippen LogP contribution >= 0.6 is 11.6 Å². The Hall–Kier alpha value is -2.02. The maximum absolute atomic E-state index is 12.5. The van der Waals surface area contributed by atoms with Gasteiger partial charge in [0.15, 0.2) is 0 Å². The molecule has 0 aromatic heterocycles. The molecule has 0 saturated carbocycles. The summed E-state index contributed by atoms with van der Waals surface area (Å²) in [4.78, 5) is 12.3. The van der Waals surface area contributed by atoms with Crippen LogP contribution < -0.4 is 10.0 Å². The van der Waals surface area contributed by atoms with Crippen LogP contribution in [-0.2, 0) is 29.6 Å². The van der Waals surface area contributed by atoms with E-state index < -0.39 is 38.5 Å². The third-order valence-corrected chi connectivity index (χ3v) is 7.78. The van der Waals surface area contributed by atoms with Crippen LogP contribution in [0.5, 0.6) is 0 Å². The Labute approximate surface area is 187 Å². The molecule has 0 heterocycles. The summed E-state index contributed by atoms with van der Waals surface area (Å²) in [7, 11) is -4.85. The van der Waals surface area contributed by atoms with Crippen molar-refractivity contribution in [3.05, 3.63) is 53.6 Å². The molecule has 170 valence electrons. The van der Waals surface area contributed by atoms with Gasteiger partial charge in [-0.3, -0.25) is 4.79 Å². The van der Waals surface area contributed by atoms with Gasteiger partial charge in [-0.1, -0.05) is 11.6 Å². The van der Waals surface area contributed by atoms with E-state index in [0.717, 1.165) is 4.31 Å². The highest BCUT2D eigenvalue weighted by molar-refractivity contribution is 7.89. The largest absolute Gasteiger partial charge is 0.383 e. The molecule has 0 saturated heterocycles. The van der Waals surface area contributed by atoms with Crippen molar-refractivity contribution in [3.8, 4) is 0 Å². The molecular formula is C19H24ClN3O6S2. The number of ether oxygens (including phenoxy) is 1. The number of sulfonamides is 2. The first-order chi connectivity index (χ1) is 14.5. The summed E-state index contributed by atoms with van der Waals surface area (Å²) in [5.74, 6) is -0.581. The number of anilines is 1. The zero-order valence-electron chi connectivity index (χ0n) is 17.2. The summed E-state index contributed by atoms with van der Waals surface area (Å²) in [6.45, 7) is 1.46. The zero-order valence-corrected chi connectivity index (χ0v) is 19.6. The fourth-order valence-electron chi connectivity index (χ4n) is 2.61. The number of carbonyl (C=O) groups excluding carboxylic acids is 1. The van der Waals surface area contributed by atoms with Gasteiger partial charge in [0.25, 0.3) is 0 Å². The maximum atomic E-state index is 12.5. The summed E-state index contributed by atoms with van der Waals surface area (Å²) in [5, 5.41) is 2.94. The van der Waals surface area contributed by atoms with E-state index in [0.29, 0.717) is 10.7 Å². The molecule has 0 spiro atoms. The molecule has 2 rings (SSSR count). The number of benzene rings is 2. The van der Waals surface area contributed by atoms with E-state index in [1.54, 1.807) is 6.92 Å². The third-order valence-electron chi connectivity index (χ3n) is 4.11. The van der Waals surface area contributed by atoms with E-state index in [9.17, 15) is 21.6 Å². The molecule has 0 radical (unpaired) electrons. The Balaban J connectivity index is 2.01. The second-order valence-corrected chi connectivity index (χ2v) is 11.0. The minimum absolute atomic E-state index is 0.0111. The molecule has 0 aliphatic carbocycles. The topological polar surface area (TPSA) is 122 Å². The van der Waals surface area contributed by atoms with E-state index in [1.807, 2.05) is 0 Å². The summed E-state index contributed by atoms with van der Waals surface area (Å²) in [6.07, 6.45) is 0. The number of methoxy groups -OCH3 is 1. The molecule has 31 heavy (non-hydrogen) atoms. The lowest BCUT2D eigenvalue weighted by Gasteiger charge is -2.17. The molecule has 1 atom stereocenters. The van der Waals surface area contributed by atoms with Crippen molar-refractivity contribution >= 4 is 43.2 Å². The second-order valence-electron chi connectivity index (χ2n) is 6.77. The average molecular weight is 490 g/mol. The predicted molar refractivity (Wildman–Crippen MR) is 118 cm³/mol. The minimum atomic E-state index is -3.87. The fourth-order valence-corrected chi connectivity index (χ4v) is 5.09. The second kappa shape index (κ2) is 10.5. The maximum Gasteiger partial charge on any atom is 0.243 e. The Morgan fingerprint density at radius 2 is 1.58 bits per heavy atom. The van der Waals surface area contributed by atoms with Gasteiger partial charge in [-0.2, -0.15) is 4.31 Å². The minimum Gasteiger partial charge on any atom is -0.383 e. The van der Waals surface area contributed by atoms with Crippen molar-refractivity contribution in [1.82, 2.24) is 9.03 Å². The van der Waals surface area contributed by atoms with Gasteiger partial charge in [0, 0.05) is 30.9 Å². The Morgan fingerprint density at radius 1 is 1.03 bits per heavy atom. The number of nitrogens with zero attached hydrogens (tertiary/aromatic N) is 1. The Morgan fingerprint density at radius 3 is 2.13 bits per heavy atom. The first kappa shape index (κ1) is 25.2. The number of halogens is 1. The molecule has 0 fully saturated rings. The van der Waals surface area contributed by atoms with Crippen LogP contribution in [0.3, 0.4) is 0 Å². The normalized spacial score (nSPS) is 13.2. The molecule has 2 aromatic carbocycles. The van der Waals surface area contributed by atoms with Crippen LogP contribution in [0.2, 0.25) is 5.02 Å². The van der Waals surface area contributed by atoms with Crippen molar-refractivity contribution in [2.75, 3.05) is 32.6 Å². The van der Waals surface area contributed by atoms with E-state index in [-0.39, 0.29) is 16.4 Å². The van der Waals surface area contributed by atoms with Gasteiger partial charge in [0.05, 0.1) is 22.9 Å². The van der Waals surface area contributed by atoms with Crippen molar-refractivity contribution in [1.29, 1.82) is 0 Å². The molecule has 1 amide bonds. The predicted octanol–water partition coefficient (Wildman–Crippen LogP) is 1.91. The van der Waals surface area contributed by atoms with Gasteiger partial charge < -0.3 is 10.1 Å². The SMILES string of the molecule is COCC(C)NS(=O)(=O)c1ccc(NC(=O)CN(C)S(=O)(=O)c2ccc(Cl)cc2)cc1. The highest BCUT2D eigenvalue weighted by Gasteiger charge is 2.23. The van der Waals surface area contributed by atoms with Crippen molar-refractivity contribution in [2.45, 2.75) is 22.8 Å². The van der Waals surface area contributed by atoms with Crippen molar-refractivity contribution in [2.24, 2.45) is 0 Å². The standard InChI is InChI=1S/C19H24ClN3O6S2/c1-14(13-29-3)22-30(25,26)17-10-6-16(7-11-17)21-19(24)12-23(2)31(27,28)18-8-4-15(20)5-9-18/h4-11,14,22H,12-13H2,1-3H3,(H,21,24). The first-order valence-electron chi connectivity index (χ1n) is 9.09. The van der Waals surface area contributed by atoms with Crippen molar-refractivity contribution in [3.63, 3.8) is 0 Å². The molecule has 12 heteroatoms. The lowest BCUT2D eigenvalue weighted by molar-refractivity contribution is -0.116.